The summed E-state index contributed by atoms with van der Waals surface area (Å²) in [5.41, 5.74) is 10.0. The predicted molar refractivity (Wildman–Crippen MR) is 191 cm³/mol. The van der Waals surface area contributed by atoms with Gasteiger partial charge in [0.15, 0.2) is 0 Å². The average Bonchev–Trinajstić information content (AvgIpc) is 3.68. The number of rotatable bonds is 3. The van der Waals surface area contributed by atoms with E-state index in [-0.39, 0.29) is 5.41 Å². The molecule has 5 nitrogen and oxygen atoms in total. The molecule has 0 radical (unpaired) electrons. The molecule has 4 aromatic heterocycles. The quantitative estimate of drug-likeness (QED) is 0.188. The number of hydrogen-bond acceptors (Lipinski definition) is 3. The van der Waals surface area contributed by atoms with Crippen molar-refractivity contribution in [2.24, 2.45) is 0 Å². The van der Waals surface area contributed by atoms with Crippen LogP contribution in [0.25, 0.3) is 66.2 Å². The van der Waals surface area contributed by atoms with Gasteiger partial charge in [-0.25, -0.2) is 9.97 Å². The van der Waals surface area contributed by atoms with Gasteiger partial charge in [0, 0.05) is 56.5 Å². The highest BCUT2D eigenvalue weighted by atomic mass is 16.5. The molecule has 1 aliphatic rings. The van der Waals surface area contributed by atoms with Crippen LogP contribution < -0.4 is 4.74 Å². The maximum absolute atomic E-state index is 6.67. The monoisotopic (exact) mass is 606 g/mol. The van der Waals surface area contributed by atoms with Crippen LogP contribution in [0.15, 0.2) is 128 Å². The molecule has 5 heteroatoms. The van der Waals surface area contributed by atoms with Crippen molar-refractivity contribution in [2.75, 3.05) is 0 Å². The van der Waals surface area contributed by atoms with Gasteiger partial charge in [-0.3, -0.25) is 8.97 Å². The number of aromatic nitrogens is 4. The van der Waals surface area contributed by atoms with Crippen molar-refractivity contribution in [3.63, 3.8) is 0 Å². The van der Waals surface area contributed by atoms with Crippen molar-refractivity contribution in [1.82, 2.24) is 18.9 Å². The molecule has 10 rings (SSSR count). The molecule has 0 unspecified atom stereocenters. The minimum Gasteiger partial charge on any atom is -0.457 e. The van der Waals surface area contributed by atoms with Gasteiger partial charge < -0.3 is 4.74 Å². The lowest BCUT2D eigenvalue weighted by molar-refractivity contribution is 0.484. The van der Waals surface area contributed by atoms with Crippen LogP contribution in [0.1, 0.15) is 30.5 Å². The van der Waals surface area contributed by atoms with Crippen LogP contribution >= 0.6 is 0 Å². The summed E-state index contributed by atoms with van der Waals surface area (Å²) in [4.78, 5) is 10.1. The molecular formula is C42H30N4O. The highest BCUT2D eigenvalue weighted by molar-refractivity contribution is 6.13. The van der Waals surface area contributed by atoms with Crippen LogP contribution in [-0.4, -0.2) is 18.9 Å². The summed E-state index contributed by atoms with van der Waals surface area (Å²) in [5.74, 6) is 2.53. The molecule has 47 heavy (non-hydrogen) atoms. The topological polar surface area (TPSA) is 44.4 Å². The van der Waals surface area contributed by atoms with Crippen molar-refractivity contribution in [3.8, 4) is 28.6 Å². The minimum absolute atomic E-state index is 0.153. The predicted octanol–water partition coefficient (Wildman–Crippen LogP) is 10.5. The van der Waals surface area contributed by atoms with Gasteiger partial charge in [0.1, 0.15) is 23.0 Å². The van der Waals surface area contributed by atoms with E-state index in [1.165, 1.54) is 38.4 Å². The fourth-order valence-corrected chi connectivity index (χ4v) is 7.84. The van der Waals surface area contributed by atoms with Crippen LogP contribution in [0.3, 0.4) is 0 Å². The van der Waals surface area contributed by atoms with Crippen molar-refractivity contribution < 1.29 is 4.74 Å². The Kier molecular flexibility index (Phi) is 5.20. The normalized spacial score (nSPS) is 13.6. The number of imidazole rings is 1. The third-order valence-electron chi connectivity index (χ3n) is 10.2. The Morgan fingerprint density at radius 3 is 2.28 bits per heavy atom. The first-order valence-corrected chi connectivity index (χ1v) is 16.1. The molecule has 0 fully saturated rings. The molecule has 0 bridgehead atoms. The molecule has 0 spiro atoms. The first kappa shape index (κ1) is 26.3. The second-order valence-corrected chi connectivity index (χ2v) is 13.2. The van der Waals surface area contributed by atoms with Gasteiger partial charge >= 0.3 is 0 Å². The van der Waals surface area contributed by atoms with E-state index in [1.807, 2.05) is 12.3 Å². The number of fused-ring (bicyclic) bond motifs is 11. The van der Waals surface area contributed by atoms with E-state index < -0.39 is 0 Å². The Morgan fingerprint density at radius 1 is 0.638 bits per heavy atom. The van der Waals surface area contributed by atoms with Crippen LogP contribution in [0.5, 0.6) is 11.5 Å². The van der Waals surface area contributed by atoms with Gasteiger partial charge in [0.25, 0.3) is 0 Å². The highest BCUT2D eigenvalue weighted by Crippen LogP contribution is 2.47. The van der Waals surface area contributed by atoms with Gasteiger partial charge in [-0.1, -0.05) is 80.6 Å². The number of pyridine rings is 2. The smallest absolute Gasteiger partial charge is 0.146 e. The fraction of sp³-hybridized carbons (Fsp3) is 0.0952. The molecule has 5 aromatic carbocycles. The molecule has 0 saturated heterocycles. The fourth-order valence-electron chi connectivity index (χ4n) is 7.84. The molecule has 1 aliphatic heterocycles. The third-order valence-corrected chi connectivity index (χ3v) is 10.2. The zero-order valence-corrected chi connectivity index (χ0v) is 26.3. The van der Waals surface area contributed by atoms with E-state index in [9.17, 15) is 0 Å². The van der Waals surface area contributed by atoms with Crippen molar-refractivity contribution >= 4 is 49.1 Å². The Balaban J connectivity index is 1.16. The number of ether oxygens (including phenoxy) is 1. The number of benzene rings is 5. The zero-order chi connectivity index (χ0) is 31.4. The summed E-state index contributed by atoms with van der Waals surface area (Å²) < 4.78 is 11.2. The maximum atomic E-state index is 6.67. The molecule has 224 valence electrons. The SMILES string of the molecule is Cc1ccccc1-c1cn2c3ccccc3c3ccc(Oc4ccc5c6cccc7c6n(c5c4)-c4ncccc4C7(C)C)cc3c2n1. The van der Waals surface area contributed by atoms with Crippen molar-refractivity contribution in [1.29, 1.82) is 0 Å². The summed E-state index contributed by atoms with van der Waals surface area (Å²) in [6.07, 6.45) is 4.05. The Morgan fingerprint density at radius 2 is 1.38 bits per heavy atom. The molecule has 0 saturated carbocycles. The number of hydrogen-bond donors (Lipinski definition) is 0. The summed E-state index contributed by atoms with van der Waals surface area (Å²) in [6.45, 7) is 6.72. The highest BCUT2D eigenvalue weighted by Gasteiger charge is 2.35. The average molecular weight is 607 g/mol. The van der Waals surface area contributed by atoms with Gasteiger partial charge in [0.2, 0.25) is 0 Å². The number of aryl methyl sites for hydroxylation is 1. The Labute approximate surface area is 271 Å². The molecule has 0 N–H and O–H groups in total. The van der Waals surface area contributed by atoms with Gasteiger partial charge in [-0.15, -0.1) is 0 Å². The molecule has 5 heterocycles. The molecule has 0 aliphatic carbocycles. The maximum Gasteiger partial charge on any atom is 0.146 e. The van der Waals surface area contributed by atoms with E-state index in [0.29, 0.717) is 0 Å². The second kappa shape index (κ2) is 9.30. The summed E-state index contributed by atoms with van der Waals surface area (Å²) in [6, 6.07) is 40.6. The lowest BCUT2D eigenvalue weighted by atomic mass is 9.76. The molecule has 0 amide bonds. The Hall–Kier alpha value is -5.94. The van der Waals surface area contributed by atoms with Crippen LogP contribution in [0.4, 0.5) is 0 Å². The van der Waals surface area contributed by atoms with Crippen LogP contribution in [-0.2, 0) is 5.41 Å². The van der Waals surface area contributed by atoms with E-state index in [2.05, 4.69) is 145 Å². The summed E-state index contributed by atoms with van der Waals surface area (Å²) >= 11 is 0. The molecule has 9 aromatic rings. The van der Waals surface area contributed by atoms with Gasteiger partial charge in [0.05, 0.1) is 22.2 Å². The second-order valence-electron chi connectivity index (χ2n) is 13.2. The van der Waals surface area contributed by atoms with Crippen LogP contribution in [0, 0.1) is 6.92 Å². The first-order chi connectivity index (χ1) is 23.0. The number of para-hydroxylation sites is 2. The van der Waals surface area contributed by atoms with E-state index >= 15 is 0 Å². The lowest BCUT2D eigenvalue weighted by Crippen LogP contribution is -2.26. The molecular weight excluding hydrogens is 576 g/mol. The van der Waals surface area contributed by atoms with Crippen molar-refractivity contribution in [2.45, 2.75) is 26.2 Å². The first-order valence-electron chi connectivity index (χ1n) is 16.1. The zero-order valence-electron chi connectivity index (χ0n) is 26.3. The van der Waals surface area contributed by atoms with Crippen molar-refractivity contribution in [3.05, 3.63) is 144 Å². The van der Waals surface area contributed by atoms with Crippen LogP contribution in [0.2, 0.25) is 0 Å². The summed E-state index contributed by atoms with van der Waals surface area (Å²) in [7, 11) is 0. The third kappa shape index (κ3) is 3.59. The van der Waals surface area contributed by atoms with Gasteiger partial charge in [-0.05, 0) is 65.9 Å². The summed E-state index contributed by atoms with van der Waals surface area (Å²) in [5, 5.41) is 5.81. The van der Waals surface area contributed by atoms with Gasteiger partial charge in [-0.2, -0.15) is 0 Å². The van der Waals surface area contributed by atoms with E-state index in [0.717, 1.165) is 56.0 Å². The lowest BCUT2D eigenvalue weighted by Gasteiger charge is -2.33. The number of nitrogens with zero attached hydrogens (tertiary/aromatic N) is 4. The minimum atomic E-state index is -0.153. The van der Waals surface area contributed by atoms with E-state index in [1.54, 1.807) is 0 Å². The molecule has 0 atom stereocenters. The Bertz CT molecular complexity index is 2770. The largest absolute Gasteiger partial charge is 0.457 e. The standard InChI is InChI=1S/C42H30N4O/c1-25-10-4-5-11-28(25)36-24-45-37-16-7-6-12-30(37)29-19-17-26(22-33(29)40(45)44-36)47-27-18-20-31-32-13-8-14-34-39(32)46(38(31)23-27)41-35(42(34,2)3)15-9-21-43-41/h4-24H,1-3H3. The van der Waals surface area contributed by atoms with E-state index in [4.69, 9.17) is 14.7 Å².